The number of nitrogens with zero attached hydrogens (tertiary/aromatic N) is 3. The number of rotatable bonds is 6. The third-order valence-corrected chi connectivity index (χ3v) is 5.44. The largest absolute Gasteiger partial charge is 0.439 e. The van der Waals surface area contributed by atoms with Crippen molar-refractivity contribution in [2.45, 2.75) is 25.4 Å². The summed E-state index contributed by atoms with van der Waals surface area (Å²) in [5, 5.41) is 7.89. The predicted octanol–water partition coefficient (Wildman–Crippen LogP) is 5.96. The van der Waals surface area contributed by atoms with E-state index in [1.54, 1.807) is 48.5 Å². The lowest BCUT2D eigenvalue weighted by Crippen LogP contribution is -2.31. The molecule has 0 saturated carbocycles. The SMILES string of the molecule is CNc1nccc(Oc2ccc(NC(=O)Nc3ccc(N4CCCCC4)c(C(F)(F)F)c3)cc2)n1. The van der Waals surface area contributed by atoms with Crippen molar-refractivity contribution in [1.29, 1.82) is 0 Å². The zero-order valence-electron chi connectivity index (χ0n) is 19.0. The van der Waals surface area contributed by atoms with Gasteiger partial charge in [-0.1, -0.05) is 0 Å². The fourth-order valence-electron chi connectivity index (χ4n) is 3.79. The Bertz CT molecular complexity index is 1160. The molecule has 0 aliphatic carbocycles. The van der Waals surface area contributed by atoms with Crippen LogP contribution in [0, 0.1) is 0 Å². The summed E-state index contributed by atoms with van der Waals surface area (Å²) in [6, 6.07) is 11.3. The van der Waals surface area contributed by atoms with E-state index in [0.29, 0.717) is 36.4 Å². The lowest BCUT2D eigenvalue weighted by molar-refractivity contribution is -0.137. The minimum Gasteiger partial charge on any atom is -0.439 e. The molecule has 1 aromatic heterocycles. The van der Waals surface area contributed by atoms with E-state index in [9.17, 15) is 18.0 Å². The maximum Gasteiger partial charge on any atom is 0.418 e. The number of anilines is 4. The fraction of sp³-hybridized carbons (Fsp3) is 0.292. The maximum absolute atomic E-state index is 13.7. The molecule has 11 heteroatoms. The first-order chi connectivity index (χ1) is 16.8. The molecule has 35 heavy (non-hydrogen) atoms. The quantitative estimate of drug-likeness (QED) is 0.398. The molecule has 1 aliphatic rings. The second kappa shape index (κ2) is 10.5. The molecule has 4 rings (SSSR count). The Morgan fingerprint density at radius 3 is 2.34 bits per heavy atom. The van der Waals surface area contributed by atoms with Gasteiger partial charge in [-0.2, -0.15) is 18.2 Å². The highest BCUT2D eigenvalue weighted by Crippen LogP contribution is 2.39. The van der Waals surface area contributed by atoms with E-state index < -0.39 is 17.8 Å². The van der Waals surface area contributed by atoms with Gasteiger partial charge in [-0.3, -0.25) is 0 Å². The molecule has 2 aromatic carbocycles. The van der Waals surface area contributed by atoms with E-state index in [-0.39, 0.29) is 11.4 Å². The number of halogens is 3. The van der Waals surface area contributed by atoms with E-state index in [4.69, 9.17) is 4.74 Å². The van der Waals surface area contributed by atoms with Crippen LogP contribution in [0.5, 0.6) is 11.6 Å². The van der Waals surface area contributed by atoms with Crippen LogP contribution in [0.4, 0.5) is 41.0 Å². The number of aromatic nitrogens is 2. The molecule has 3 N–H and O–H groups in total. The van der Waals surface area contributed by atoms with Crippen molar-refractivity contribution in [3.8, 4) is 11.6 Å². The highest BCUT2D eigenvalue weighted by molar-refractivity contribution is 6.00. The molecule has 2 heterocycles. The lowest BCUT2D eigenvalue weighted by Gasteiger charge is -2.31. The third kappa shape index (κ3) is 6.31. The van der Waals surface area contributed by atoms with E-state index >= 15 is 0 Å². The maximum atomic E-state index is 13.7. The van der Waals surface area contributed by atoms with Crippen LogP contribution in [0.25, 0.3) is 0 Å². The summed E-state index contributed by atoms with van der Waals surface area (Å²) in [6.07, 6.45) is -0.242. The smallest absolute Gasteiger partial charge is 0.418 e. The Morgan fingerprint density at radius 2 is 1.66 bits per heavy atom. The number of amides is 2. The van der Waals surface area contributed by atoms with E-state index in [2.05, 4.69) is 25.9 Å². The van der Waals surface area contributed by atoms with Gasteiger partial charge in [-0.25, -0.2) is 9.78 Å². The van der Waals surface area contributed by atoms with Gasteiger partial charge in [-0.15, -0.1) is 0 Å². The van der Waals surface area contributed by atoms with Crippen molar-refractivity contribution >= 4 is 29.0 Å². The number of benzene rings is 2. The number of carbonyl (C=O) groups excluding carboxylic acids is 1. The van der Waals surface area contributed by atoms with Crippen LogP contribution in [0.2, 0.25) is 0 Å². The van der Waals surface area contributed by atoms with Gasteiger partial charge in [0.25, 0.3) is 0 Å². The number of hydrogen-bond acceptors (Lipinski definition) is 6. The fourth-order valence-corrected chi connectivity index (χ4v) is 3.79. The Balaban J connectivity index is 1.40. The van der Waals surface area contributed by atoms with Crippen LogP contribution in [0.1, 0.15) is 24.8 Å². The molecule has 3 aromatic rings. The summed E-state index contributed by atoms with van der Waals surface area (Å²) in [4.78, 5) is 22.3. The third-order valence-electron chi connectivity index (χ3n) is 5.44. The normalized spacial score (nSPS) is 13.8. The van der Waals surface area contributed by atoms with Gasteiger partial charge in [0.1, 0.15) is 5.75 Å². The standard InChI is InChI=1S/C24H25F3N6O2/c1-28-22-29-12-11-21(32-22)35-18-8-5-16(6-9-18)30-23(34)31-17-7-10-20(19(15-17)24(25,26)27)33-13-3-2-4-14-33/h5-12,15H,2-4,13-14H2,1H3,(H,28,29,32)(H2,30,31,34). The number of ether oxygens (including phenoxy) is 1. The number of urea groups is 1. The lowest BCUT2D eigenvalue weighted by atomic mass is 10.1. The number of piperidine rings is 1. The Labute approximate surface area is 200 Å². The Morgan fingerprint density at radius 1 is 0.971 bits per heavy atom. The summed E-state index contributed by atoms with van der Waals surface area (Å²) in [5.41, 5.74) is -0.122. The van der Waals surface area contributed by atoms with Crippen molar-refractivity contribution < 1.29 is 22.7 Å². The summed E-state index contributed by atoms with van der Waals surface area (Å²) in [6.45, 7) is 1.17. The summed E-state index contributed by atoms with van der Waals surface area (Å²) in [5.74, 6) is 1.24. The first-order valence-electron chi connectivity index (χ1n) is 11.1. The van der Waals surface area contributed by atoms with Crippen LogP contribution >= 0.6 is 0 Å². The van der Waals surface area contributed by atoms with Crippen LogP contribution in [0.15, 0.2) is 54.7 Å². The second-order valence-corrected chi connectivity index (χ2v) is 7.95. The second-order valence-electron chi connectivity index (χ2n) is 7.95. The molecule has 1 saturated heterocycles. The first-order valence-corrected chi connectivity index (χ1v) is 11.1. The van der Waals surface area contributed by atoms with Gasteiger partial charge < -0.3 is 25.6 Å². The van der Waals surface area contributed by atoms with Crippen LogP contribution in [-0.4, -0.2) is 36.1 Å². The van der Waals surface area contributed by atoms with Crippen LogP contribution in [-0.2, 0) is 6.18 Å². The number of alkyl halides is 3. The van der Waals surface area contributed by atoms with Crippen molar-refractivity contribution in [3.05, 3.63) is 60.3 Å². The molecule has 184 valence electrons. The first kappa shape index (κ1) is 24.1. The monoisotopic (exact) mass is 486 g/mol. The molecular weight excluding hydrogens is 461 g/mol. The molecule has 2 amide bonds. The Kier molecular flexibility index (Phi) is 7.23. The predicted molar refractivity (Wildman–Crippen MR) is 128 cm³/mol. The molecule has 1 aliphatic heterocycles. The molecule has 1 fully saturated rings. The van der Waals surface area contributed by atoms with Crippen LogP contribution in [0.3, 0.4) is 0 Å². The number of hydrogen-bond donors (Lipinski definition) is 3. The molecule has 0 unspecified atom stereocenters. The molecule has 0 bridgehead atoms. The van der Waals surface area contributed by atoms with Gasteiger partial charge in [0.2, 0.25) is 11.8 Å². The highest BCUT2D eigenvalue weighted by atomic mass is 19.4. The zero-order valence-corrected chi connectivity index (χ0v) is 19.0. The van der Waals surface area contributed by atoms with E-state index in [0.717, 1.165) is 25.3 Å². The minimum atomic E-state index is -4.53. The van der Waals surface area contributed by atoms with Gasteiger partial charge in [0.05, 0.1) is 5.56 Å². The van der Waals surface area contributed by atoms with Gasteiger partial charge in [-0.05, 0) is 61.7 Å². The van der Waals surface area contributed by atoms with Crippen molar-refractivity contribution in [3.63, 3.8) is 0 Å². The molecule has 0 atom stereocenters. The Hall–Kier alpha value is -4.02. The number of nitrogens with one attached hydrogen (secondary N) is 3. The van der Waals surface area contributed by atoms with Gasteiger partial charge in [0, 0.05) is 49.5 Å². The molecule has 0 spiro atoms. The minimum absolute atomic E-state index is 0.0552. The van der Waals surface area contributed by atoms with Gasteiger partial charge in [0.15, 0.2) is 0 Å². The highest BCUT2D eigenvalue weighted by Gasteiger charge is 2.35. The molecular formula is C24H25F3N6O2. The van der Waals surface area contributed by atoms with Crippen molar-refractivity contribution in [2.24, 2.45) is 0 Å². The van der Waals surface area contributed by atoms with E-state index in [1.165, 1.54) is 12.1 Å². The average Bonchev–Trinajstić information content (AvgIpc) is 2.85. The van der Waals surface area contributed by atoms with Crippen LogP contribution < -0.4 is 25.6 Å². The number of carbonyl (C=O) groups is 1. The summed E-state index contributed by atoms with van der Waals surface area (Å²) < 4.78 is 46.8. The molecule has 8 nitrogen and oxygen atoms in total. The topological polar surface area (TPSA) is 91.4 Å². The van der Waals surface area contributed by atoms with Gasteiger partial charge >= 0.3 is 12.2 Å². The summed E-state index contributed by atoms with van der Waals surface area (Å²) >= 11 is 0. The molecule has 0 radical (unpaired) electrons. The zero-order chi connectivity index (χ0) is 24.8. The average molecular weight is 486 g/mol. The van der Waals surface area contributed by atoms with Crippen molar-refractivity contribution in [2.75, 3.05) is 41.0 Å². The van der Waals surface area contributed by atoms with E-state index in [1.807, 2.05) is 0 Å². The summed E-state index contributed by atoms with van der Waals surface area (Å²) in [7, 11) is 1.69. The van der Waals surface area contributed by atoms with Crippen molar-refractivity contribution in [1.82, 2.24) is 9.97 Å².